The van der Waals surface area contributed by atoms with Crippen LogP contribution in [0.5, 0.6) is 0 Å². The van der Waals surface area contributed by atoms with Crippen molar-refractivity contribution < 1.29 is 28.7 Å². The Bertz CT molecular complexity index is 2390. The van der Waals surface area contributed by atoms with Crippen LogP contribution in [0.1, 0.15) is 88.2 Å². The Balaban J connectivity index is 1.04. The average Bonchev–Trinajstić information content (AvgIpc) is 4.06. The first-order valence-electron chi connectivity index (χ1n) is 19.8. The zero-order valence-corrected chi connectivity index (χ0v) is 33.7. The second-order valence-corrected chi connectivity index (χ2v) is 15.6. The molecule has 0 aliphatic carbocycles. The maximum Gasteiger partial charge on any atom is 0.407 e. The lowest BCUT2D eigenvalue weighted by molar-refractivity contribution is -0.136. The van der Waals surface area contributed by atoms with Gasteiger partial charge in [0, 0.05) is 29.6 Å². The van der Waals surface area contributed by atoms with E-state index in [1.165, 1.54) is 14.2 Å². The van der Waals surface area contributed by atoms with Gasteiger partial charge in [0.1, 0.15) is 23.7 Å². The van der Waals surface area contributed by atoms with Crippen LogP contribution in [0.3, 0.4) is 0 Å². The Hall–Kier alpha value is -6.36. The molecule has 302 valence electrons. The van der Waals surface area contributed by atoms with Crippen LogP contribution in [-0.2, 0) is 19.1 Å². The lowest BCUT2D eigenvalue weighted by Gasteiger charge is -2.30. The molecule has 14 heteroatoms. The highest BCUT2D eigenvalue weighted by Crippen LogP contribution is 2.35. The molecular weight excluding hydrogens is 737 g/mol. The molecule has 2 aromatic heterocycles. The van der Waals surface area contributed by atoms with Crippen LogP contribution in [-0.4, -0.2) is 93.1 Å². The van der Waals surface area contributed by atoms with E-state index >= 15 is 0 Å². The van der Waals surface area contributed by atoms with Gasteiger partial charge >= 0.3 is 12.2 Å². The Kier molecular flexibility index (Phi) is 11.7. The second-order valence-electron chi connectivity index (χ2n) is 15.6. The molecule has 0 bridgehead atoms. The summed E-state index contributed by atoms with van der Waals surface area (Å²) in [7, 11) is 2.58. The summed E-state index contributed by atoms with van der Waals surface area (Å²) in [4.78, 5) is 71.3. The molecule has 2 aliphatic heterocycles. The predicted octanol–water partition coefficient (Wildman–Crippen LogP) is 6.59. The number of alkyl carbamates (subject to hydrolysis) is 2. The summed E-state index contributed by atoms with van der Waals surface area (Å²) in [5.74, 6) is 7.52. The van der Waals surface area contributed by atoms with Crippen molar-refractivity contribution in [3.8, 4) is 23.1 Å². The number of rotatable bonds is 9. The quantitative estimate of drug-likeness (QED) is 0.121. The highest BCUT2D eigenvalue weighted by molar-refractivity contribution is 6.04. The van der Waals surface area contributed by atoms with Crippen molar-refractivity contribution in [1.82, 2.24) is 40.4 Å². The molecule has 2 fully saturated rings. The third kappa shape index (κ3) is 8.20. The maximum absolute atomic E-state index is 13.6. The van der Waals surface area contributed by atoms with Gasteiger partial charge in [-0.2, -0.15) is 0 Å². The monoisotopic (exact) mass is 786 g/mol. The molecule has 5 aromatic rings. The Morgan fingerprint density at radius 3 is 1.90 bits per heavy atom. The number of carbonyl (C=O) groups is 4. The minimum atomic E-state index is -0.697. The molecule has 14 nitrogen and oxygen atoms in total. The van der Waals surface area contributed by atoms with E-state index in [1.54, 1.807) is 11.1 Å². The van der Waals surface area contributed by atoms with E-state index in [1.807, 2.05) is 81.1 Å². The van der Waals surface area contributed by atoms with Crippen molar-refractivity contribution >= 4 is 45.8 Å². The number of aromatic amines is 2. The number of amides is 4. The second kappa shape index (κ2) is 17.0. The minimum Gasteiger partial charge on any atom is -0.453 e. The summed E-state index contributed by atoms with van der Waals surface area (Å²) in [5.41, 5.74) is 5.24. The van der Waals surface area contributed by atoms with Crippen LogP contribution >= 0.6 is 0 Å². The molecule has 0 spiro atoms. The number of carbonyl (C=O) groups excluding carboxylic acids is 4. The number of H-pyrrole nitrogens is 2. The van der Waals surface area contributed by atoms with Crippen LogP contribution in [0.2, 0.25) is 0 Å². The van der Waals surface area contributed by atoms with Gasteiger partial charge in [0.15, 0.2) is 0 Å². The number of hydrogen-bond donors (Lipinski definition) is 4. The van der Waals surface area contributed by atoms with Gasteiger partial charge in [-0.05, 0) is 78.8 Å². The third-order valence-corrected chi connectivity index (χ3v) is 11.1. The fourth-order valence-corrected chi connectivity index (χ4v) is 7.97. The normalized spacial score (nSPS) is 17.7. The number of fused-ring (bicyclic) bond motifs is 3. The number of nitrogens with zero attached hydrogens (tertiary/aromatic N) is 4. The molecule has 2 unspecified atom stereocenters. The van der Waals surface area contributed by atoms with E-state index in [0.29, 0.717) is 18.9 Å². The number of imidazole rings is 2. The van der Waals surface area contributed by atoms with Crippen LogP contribution in [0.4, 0.5) is 9.59 Å². The van der Waals surface area contributed by atoms with E-state index in [9.17, 15) is 19.2 Å². The van der Waals surface area contributed by atoms with Gasteiger partial charge < -0.3 is 39.9 Å². The molecule has 2 aliphatic rings. The number of hydrogen-bond acceptors (Lipinski definition) is 8. The van der Waals surface area contributed by atoms with Crippen LogP contribution in [0, 0.1) is 23.7 Å². The number of nitrogens with one attached hydrogen (secondary N) is 4. The fraction of sp³-hybridized carbons (Fsp3) is 0.409. The van der Waals surface area contributed by atoms with Crippen molar-refractivity contribution in [1.29, 1.82) is 0 Å². The SMILES string of the molecule is COC(=O)N[C@H](C(=O)N1CCCC1c1ncc(-c2ccc(C#Cc3ccc4c(ccc5[nH]c(C6CCCN6C(=O)[C@@H](NC(=O)OC)C(C)C)nc54)c3)cc2)[nH]1)C(C)C. The van der Waals surface area contributed by atoms with Gasteiger partial charge in [0.05, 0.1) is 49.2 Å². The van der Waals surface area contributed by atoms with Gasteiger partial charge in [0.25, 0.3) is 0 Å². The Morgan fingerprint density at radius 2 is 1.31 bits per heavy atom. The molecule has 0 radical (unpaired) electrons. The smallest absolute Gasteiger partial charge is 0.407 e. The van der Waals surface area contributed by atoms with Gasteiger partial charge in [0.2, 0.25) is 11.8 Å². The lowest BCUT2D eigenvalue weighted by atomic mass is 10.0. The van der Waals surface area contributed by atoms with Crippen molar-refractivity contribution in [2.75, 3.05) is 27.3 Å². The summed E-state index contributed by atoms with van der Waals surface area (Å²) >= 11 is 0. The standard InChI is InChI=1S/C44H50N8O6/c1-25(2)36(49-43(55)57-5)41(53)51-21-7-9-34(51)39-45-24-33(47-39)29-16-13-27(14-17-29)11-12-28-15-19-31-30(23-28)18-20-32-38(31)48-40(46-32)35-10-8-22-52(35)42(54)37(26(3)4)50-44(56)58-6/h13-20,23-26,34-37H,7-10,21-22H2,1-6H3,(H,45,47)(H,46,48)(H,49,55)(H,50,56)/t34?,35?,36-,37-/m0/s1. The van der Waals surface area contributed by atoms with E-state index in [2.05, 4.69) is 43.5 Å². The van der Waals surface area contributed by atoms with E-state index < -0.39 is 24.3 Å². The summed E-state index contributed by atoms with van der Waals surface area (Å²) in [6, 6.07) is 16.3. The number of likely N-dealkylation sites (tertiary alicyclic amines) is 2. The highest BCUT2D eigenvalue weighted by Gasteiger charge is 2.39. The van der Waals surface area contributed by atoms with Gasteiger partial charge in [-0.1, -0.05) is 63.8 Å². The summed E-state index contributed by atoms with van der Waals surface area (Å²) in [5, 5.41) is 7.39. The molecule has 0 saturated carbocycles. The molecule has 7 rings (SSSR count). The molecule has 3 aromatic carbocycles. The summed E-state index contributed by atoms with van der Waals surface area (Å²) in [6.45, 7) is 8.77. The Labute approximate surface area is 337 Å². The molecule has 4 atom stereocenters. The number of benzene rings is 3. The first kappa shape index (κ1) is 39.9. The number of ether oxygens (including phenoxy) is 2. The topological polar surface area (TPSA) is 175 Å². The molecule has 4 amide bonds. The first-order chi connectivity index (χ1) is 27.9. The van der Waals surface area contributed by atoms with Crippen molar-refractivity contribution in [3.05, 3.63) is 83.6 Å². The predicted molar refractivity (Wildman–Crippen MR) is 219 cm³/mol. The number of methoxy groups -OCH3 is 2. The van der Waals surface area contributed by atoms with Gasteiger partial charge in [-0.15, -0.1) is 0 Å². The van der Waals surface area contributed by atoms with Crippen LogP contribution < -0.4 is 10.6 Å². The minimum absolute atomic E-state index is 0.108. The zero-order chi connectivity index (χ0) is 41.1. The first-order valence-corrected chi connectivity index (χ1v) is 19.8. The molecule has 58 heavy (non-hydrogen) atoms. The highest BCUT2D eigenvalue weighted by atomic mass is 16.5. The zero-order valence-electron chi connectivity index (χ0n) is 33.7. The maximum atomic E-state index is 13.6. The van der Waals surface area contributed by atoms with E-state index in [0.717, 1.165) is 75.7 Å². The molecule has 2 saturated heterocycles. The van der Waals surface area contributed by atoms with Crippen LogP contribution in [0.15, 0.2) is 60.8 Å². The largest absolute Gasteiger partial charge is 0.453 e. The molecule has 4 heterocycles. The Morgan fingerprint density at radius 1 is 0.741 bits per heavy atom. The van der Waals surface area contributed by atoms with Gasteiger partial charge in [-0.25, -0.2) is 19.6 Å². The van der Waals surface area contributed by atoms with E-state index in [-0.39, 0.29) is 35.7 Å². The third-order valence-electron chi connectivity index (χ3n) is 11.1. The average molecular weight is 787 g/mol. The van der Waals surface area contributed by atoms with Crippen molar-refractivity contribution in [3.63, 3.8) is 0 Å². The summed E-state index contributed by atoms with van der Waals surface area (Å²) in [6.07, 6.45) is 3.76. The fourth-order valence-electron chi connectivity index (χ4n) is 7.97. The number of aromatic nitrogens is 4. The van der Waals surface area contributed by atoms with Crippen LogP contribution in [0.25, 0.3) is 33.1 Å². The lowest BCUT2D eigenvalue weighted by Crippen LogP contribution is -2.51. The van der Waals surface area contributed by atoms with E-state index in [4.69, 9.17) is 14.5 Å². The van der Waals surface area contributed by atoms with Crippen molar-refractivity contribution in [2.24, 2.45) is 11.8 Å². The molecule has 4 N–H and O–H groups in total. The van der Waals surface area contributed by atoms with Crippen molar-refractivity contribution in [2.45, 2.75) is 77.5 Å². The van der Waals surface area contributed by atoms with Gasteiger partial charge in [-0.3, -0.25) is 9.59 Å². The molecular formula is C44H50N8O6. The summed E-state index contributed by atoms with van der Waals surface area (Å²) < 4.78 is 9.53.